The number of rotatable bonds is 3. The van der Waals surface area contributed by atoms with Crippen molar-refractivity contribution in [1.29, 1.82) is 0 Å². The zero-order valence-corrected chi connectivity index (χ0v) is 18.4. The van der Waals surface area contributed by atoms with Gasteiger partial charge in [-0.3, -0.25) is 10.1 Å². The van der Waals surface area contributed by atoms with Gasteiger partial charge in [-0.1, -0.05) is 6.07 Å². The number of aryl methyl sites for hydroxylation is 1. The molecule has 0 bridgehead atoms. The molecule has 0 fully saturated rings. The Balaban J connectivity index is 1.32. The molecule has 0 atom stereocenters. The number of carbonyl (C=O) groups is 1. The second kappa shape index (κ2) is 8.44. The molecular formula is C24H19N3O5S. The Morgan fingerprint density at radius 3 is 2.70 bits per heavy atom. The summed E-state index contributed by atoms with van der Waals surface area (Å²) in [7, 11) is 0. The van der Waals surface area contributed by atoms with Gasteiger partial charge < -0.3 is 24.3 Å². The second-order valence-electron chi connectivity index (χ2n) is 7.49. The quantitative estimate of drug-likeness (QED) is 0.304. The monoisotopic (exact) mass is 461 g/mol. The number of nitrogens with zero attached hydrogens (tertiary/aromatic N) is 1. The van der Waals surface area contributed by atoms with Crippen LogP contribution in [-0.4, -0.2) is 34.3 Å². The van der Waals surface area contributed by atoms with E-state index in [2.05, 4.69) is 15.6 Å². The number of anilines is 1. The van der Waals surface area contributed by atoms with Crippen molar-refractivity contribution >= 4 is 40.0 Å². The summed E-state index contributed by atoms with van der Waals surface area (Å²) in [5, 5.41) is 16.0. The molecule has 0 radical (unpaired) electrons. The van der Waals surface area contributed by atoms with Crippen LogP contribution >= 0.6 is 12.2 Å². The van der Waals surface area contributed by atoms with Crippen molar-refractivity contribution in [2.45, 2.75) is 6.92 Å². The third-order valence-electron chi connectivity index (χ3n) is 5.06. The van der Waals surface area contributed by atoms with E-state index >= 15 is 0 Å². The van der Waals surface area contributed by atoms with Gasteiger partial charge in [0.05, 0.1) is 5.56 Å². The van der Waals surface area contributed by atoms with Crippen molar-refractivity contribution in [3.05, 3.63) is 65.7 Å². The van der Waals surface area contributed by atoms with Crippen molar-refractivity contribution in [2.75, 3.05) is 18.5 Å². The maximum atomic E-state index is 12.6. The van der Waals surface area contributed by atoms with Gasteiger partial charge in [0.2, 0.25) is 5.89 Å². The highest BCUT2D eigenvalue weighted by Gasteiger charge is 2.17. The fourth-order valence-electron chi connectivity index (χ4n) is 3.46. The molecular weight excluding hydrogens is 442 g/mol. The number of nitrogens with one attached hydrogen (secondary N) is 2. The van der Waals surface area contributed by atoms with E-state index in [-0.39, 0.29) is 16.8 Å². The van der Waals surface area contributed by atoms with Crippen LogP contribution < -0.4 is 20.1 Å². The van der Waals surface area contributed by atoms with E-state index < -0.39 is 5.91 Å². The summed E-state index contributed by atoms with van der Waals surface area (Å²) in [5.74, 6) is 1.02. The molecule has 1 aromatic heterocycles. The first-order chi connectivity index (χ1) is 16.0. The first-order valence-electron chi connectivity index (χ1n) is 10.2. The molecule has 166 valence electrons. The fourth-order valence-corrected chi connectivity index (χ4v) is 3.67. The minimum absolute atomic E-state index is 0.00932. The molecule has 33 heavy (non-hydrogen) atoms. The molecule has 0 aliphatic carbocycles. The predicted octanol–water partition coefficient (Wildman–Crippen LogP) is 4.41. The molecule has 5 rings (SSSR count). The molecule has 1 aliphatic heterocycles. The molecule has 2 heterocycles. The van der Waals surface area contributed by atoms with Crippen molar-refractivity contribution < 1.29 is 23.8 Å². The van der Waals surface area contributed by atoms with E-state index in [1.807, 2.05) is 25.1 Å². The first-order valence-corrected chi connectivity index (χ1v) is 10.6. The van der Waals surface area contributed by atoms with Crippen LogP contribution in [0.3, 0.4) is 0 Å². The number of oxazole rings is 1. The number of hydrogen-bond acceptors (Lipinski definition) is 7. The Kier molecular flexibility index (Phi) is 5.31. The van der Waals surface area contributed by atoms with Gasteiger partial charge in [-0.25, -0.2) is 4.98 Å². The van der Waals surface area contributed by atoms with Crippen LogP contribution in [0.4, 0.5) is 5.69 Å². The number of phenolic OH excluding ortho intramolecular Hbond substituents is 1. The summed E-state index contributed by atoms with van der Waals surface area (Å²) in [6.45, 7) is 2.88. The number of carbonyl (C=O) groups excluding carboxylic acids is 1. The number of ether oxygens (including phenoxy) is 2. The molecule has 0 saturated carbocycles. The van der Waals surface area contributed by atoms with Crippen LogP contribution in [0.15, 0.2) is 59.0 Å². The molecule has 4 aromatic rings. The zero-order valence-electron chi connectivity index (χ0n) is 17.5. The number of benzene rings is 3. The Labute approximate surface area is 194 Å². The Hall–Kier alpha value is -4.11. The van der Waals surface area contributed by atoms with Crippen molar-refractivity contribution in [1.82, 2.24) is 10.3 Å². The maximum Gasteiger partial charge on any atom is 0.257 e. The molecule has 8 nitrogen and oxygen atoms in total. The molecule has 0 saturated heterocycles. The topological polar surface area (TPSA) is 106 Å². The number of phenols is 1. The van der Waals surface area contributed by atoms with Gasteiger partial charge in [0.15, 0.2) is 22.2 Å². The third-order valence-corrected chi connectivity index (χ3v) is 5.26. The van der Waals surface area contributed by atoms with Gasteiger partial charge in [0.1, 0.15) is 24.5 Å². The lowest BCUT2D eigenvalue weighted by atomic mass is 10.1. The summed E-state index contributed by atoms with van der Waals surface area (Å²) in [5.41, 5.74) is 3.71. The summed E-state index contributed by atoms with van der Waals surface area (Å²) < 4.78 is 16.8. The number of fused-ring (bicyclic) bond motifs is 2. The number of amides is 1. The zero-order chi connectivity index (χ0) is 22.9. The number of aromatic hydroxyl groups is 1. The number of hydrogen-bond donors (Lipinski definition) is 3. The van der Waals surface area contributed by atoms with Crippen LogP contribution in [0.2, 0.25) is 0 Å². The predicted molar refractivity (Wildman–Crippen MR) is 127 cm³/mol. The van der Waals surface area contributed by atoms with Gasteiger partial charge in [0, 0.05) is 11.3 Å². The molecule has 9 heteroatoms. The van der Waals surface area contributed by atoms with E-state index in [1.54, 1.807) is 30.3 Å². The van der Waals surface area contributed by atoms with E-state index in [1.165, 1.54) is 6.07 Å². The Morgan fingerprint density at radius 2 is 1.85 bits per heavy atom. The highest BCUT2D eigenvalue weighted by Crippen LogP contribution is 2.34. The van der Waals surface area contributed by atoms with E-state index in [9.17, 15) is 9.90 Å². The normalized spacial score (nSPS) is 12.4. The van der Waals surface area contributed by atoms with Crippen LogP contribution in [0, 0.1) is 6.92 Å². The first kappa shape index (κ1) is 20.8. The summed E-state index contributed by atoms with van der Waals surface area (Å²) in [6.07, 6.45) is 0. The van der Waals surface area contributed by atoms with Gasteiger partial charge in [-0.15, -0.1) is 0 Å². The molecule has 3 aromatic carbocycles. The minimum Gasteiger partial charge on any atom is -0.507 e. The lowest BCUT2D eigenvalue weighted by Crippen LogP contribution is -2.34. The molecule has 0 unspecified atom stereocenters. The highest BCUT2D eigenvalue weighted by atomic mass is 32.1. The molecule has 1 amide bonds. The second-order valence-corrected chi connectivity index (χ2v) is 7.90. The third kappa shape index (κ3) is 4.31. The SMILES string of the molecule is Cc1ccc2oc(-c3cc(NC(=S)NC(=O)c4ccc5c(c4)OCCO5)ccc3O)nc2c1. The fraction of sp³-hybridized carbons (Fsp3) is 0.125. The lowest BCUT2D eigenvalue weighted by Gasteiger charge is -2.18. The average molecular weight is 461 g/mol. The van der Waals surface area contributed by atoms with Gasteiger partial charge in [-0.05, 0) is 73.2 Å². The standard InChI is InChI=1S/C24H19N3O5S/c1-13-2-6-19-17(10-13)26-23(32-19)16-12-15(4-5-18(16)28)25-24(33)27-22(29)14-3-7-20-21(11-14)31-9-8-30-20/h2-7,10-12,28H,8-9H2,1H3,(H2,25,27,29,33). The Bertz CT molecular complexity index is 1400. The van der Waals surface area contributed by atoms with Crippen LogP contribution in [0.1, 0.15) is 15.9 Å². The van der Waals surface area contributed by atoms with Crippen molar-refractivity contribution in [3.63, 3.8) is 0 Å². The van der Waals surface area contributed by atoms with Crippen LogP contribution in [-0.2, 0) is 0 Å². The summed E-state index contributed by atoms with van der Waals surface area (Å²) in [4.78, 5) is 17.1. The van der Waals surface area contributed by atoms with E-state index in [0.717, 1.165) is 5.56 Å². The van der Waals surface area contributed by atoms with Gasteiger partial charge >= 0.3 is 0 Å². The van der Waals surface area contributed by atoms with Crippen LogP contribution in [0.5, 0.6) is 17.2 Å². The van der Waals surface area contributed by atoms with Gasteiger partial charge in [-0.2, -0.15) is 0 Å². The minimum atomic E-state index is -0.391. The van der Waals surface area contributed by atoms with Crippen LogP contribution in [0.25, 0.3) is 22.6 Å². The Morgan fingerprint density at radius 1 is 1.03 bits per heavy atom. The maximum absolute atomic E-state index is 12.6. The highest BCUT2D eigenvalue weighted by molar-refractivity contribution is 7.80. The smallest absolute Gasteiger partial charge is 0.257 e. The average Bonchev–Trinajstić information content (AvgIpc) is 3.22. The molecule has 0 spiro atoms. The van der Waals surface area contributed by atoms with Crippen molar-refractivity contribution in [2.24, 2.45) is 0 Å². The summed E-state index contributed by atoms with van der Waals surface area (Å²) in [6, 6.07) is 15.4. The van der Waals surface area contributed by atoms with Gasteiger partial charge in [0.25, 0.3) is 5.91 Å². The van der Waals surface area contributed by atoms with E-state index in [4.69, 9.17) is 26.1 Å². The van der Waals surface area contributed by atoms with Crippen molar-refractivity contribution in [3.8, 4) is 28.7 Å². The number of aromatic nitrogens is 1. The summed E-state index contributed by atoms with van der Waals surface area (Å²) >= 11 is 5.29. The molecule has 1 aliphatic rings. The molecule has 3 N–H and O–H groups in total. The number of thiocarbonyl (C=S) groups is 1. The van der Waals surface area contributed by atoms with E-state index in [0.29, 0.717) is 52.6 Å². The lowest BCUT2D eigenvalue weighted by molar-refractivity contribution is 0.0976. The largest absolute Gasteiger partial charge is 0.507 e.